The maximum absolute atomic E-state index is 11.4. The van der Waals surface area contributed by atoms with E-state index in [1.807, 2.05) is 0 Å². The van der Waals surface area contributed by atoms with Crippen LogP contribution >= 0.6 is 0 Å². The number of carbonyl (C=O) groups is 1. The largest absolute Gasteiger partial charge is 0.379 e. The lowest BCUT2D eigenvalue weighted by atomic mass is 10.0. The number of nitrogens with zero attached hydrogens (tertiary/aromatic N) is 1. The van der Waals surface area contributed by atoms with Crippen LogP contribution in [-0.4, -0.2) is 63.4 Å². The fourth-order valence-electron chi connectivity index (χ4n) is 2.26. The average molecular weight is 258 g/mol. The first-order valence-corrected chi connectivity index (χ1v) is 6.71. The van der Waals surface area contributed by atoms with Crippen molar-refractivity contribution in [3.63, 3.8) is 0 Å². The molecule has 1 aliphatic rings. The zero-order valence-electron chi connectivity index (χ0n) is 11.8. The molecule has 1 amide bonds. The minimum absolute atomic E-state index is 0.0421. The van der Waals surface area contributed by atoms with Gasteiger partial charge >= 0.3 is 0 Å². The lowest BCUT2D eigenvalue weighted by molar-refractivity contribution is -0.125. The van der Waals surface area contributed by atoms with Gasteiger partial charge in [0.25, 0.3) is 0 Å². The van der Waals surface area contributed by atoms with E-state index in [4.69, 9.17) is 9.47 Å². The molecule has 1 fully saturated rings. The summed E-state index contributed by atoms with van der Waals surface area (Å²) >= 11 is 0. The number of methoxy groups -OCH3 is 1. The molecule has 1 saturated heterocycles. The lowest BCUT2D eigenvalue weighted by Crippen LogP contribution is -2.49. The molecule has 0 unspecified atom stereocenters. The molecule has 1 rings (SSSR count). The van der Waals surface area contributed by atoms with Crippen molar-refractivity contribution in [1.82, 2.24) is 10.2 Å². The monoisotopic (exact) mass is 258 g/mol. The van der Waals surface area contributed by atoms with E-state index in [-0.39, 0.29) is 12.5 Å². The van der Waals surface area contributed by atoms with Crippen molar-refractivity contribution in [2.45, 2.75) is 26.3 Å². The summed E-state index contributed by atoms with van der Waals surface area (Å²) in [4.78, 5) is 13.9. The third-order valence-electron chi connectivity index (χ3n) is 3.12. The maximum atomic E-state index is 11.4. The molecule has 0 spiro atoms. The van der Waals surface area contributed by atoms with E-state index in [9.17, 15) is 4.79 Å². The Kier molecular flexibility index (Phi) is 7.23. The highest BCUT2D eigenvalue weighted by Gasteiger charge is 2.22. The van der Waals surface area contributed by atoms with E-state index in [0.29, 0.717) is 18.5 Å². The van der Waals surface area contributed by atoms with Gasteiger partial charge in [-0.25, -0.2) is 0 Å². The van der Waals surface area contributed by atoms with Gasteiger partial charge < -0.3 is 14.8 Å². The number of hydrogen-bond donors (Lipinski definition) is 1. The van der Waals surface area contributed by atoms with Crippen LogP contribution in [-0.2, 0) is 14.3 Å². The van der Waals surface area contributed by atoms with Gasteiger partial charge in [-0.05, 0) is 12.3 Å². The highest BCUT2D eigenvalue weighted by molar-refractivity contribution is 5.77. The summed E-state index contributed by atoms with van der Waals surface area (Å²) in [5.41, 5.74) is 0. The number of ether oxygens (including phenoxy) is 2. The van der Waals surface area contributed by atoms with Crippen molar-refractivity contribution >= 4 is 5.91 Å². The van der Waals surface area contributed by atoms with Crippen LogP contribution in [0.2, 0.25) is 0 Å². The number of morpholine rings is 1. The first-order valence-electron chi connectivity index (χ1n) is 6.71. The summed E-state index contributed by atoms with van der Waals surface area (Å²) in [6.45, 7) is 8.75. The average Bonchev–Trinajstić information content (AvgIpc) is 2.35. The molecular weight excluding hydrogens is 232 g/mol. The fourth-order valence-corrected chi connectivity index (χ4v) is 2.26. The van der Waals surface area contributed by atoms with Gasteiger partial charge in [0.05, 0.1) is 13.2 Å². The molecule has 18 heavy (non-hydrogen) atoms. The Bertz CT molecular complexity index is 240. The third kappa shape index (κ3) is 5.80. The van der Waals surface area contributed by atoms with Gasteiger partial charge in [0.15, 0.2) is 0 Å². The molecule has 106 valence electrons. The molecule has 0 bridgehead atoms. The quantitative estimate of drug-likeness (QED) is 0.722. The highest BCUT2D eigenvalue weighted by Crippen LogP contribution is 2.12. The van der Waals surface area contributed by atoms with Crippen molar-refractivity contribution < 1.29 is 14.3 Å². The molecule has 0 aliphatic carbocycles. The van der Waals surface area contributed by atoms with E-state index in [0.717, 1.165) is 32.7 Å². The van der Waals surface area contributed by atoms with Crippen molar-refractivity contribution in [1.29, 1.82) is 0 Å². The molecule has 0 aromatic carbocycles. The SMILES string of the molecule is COCC(=O)NC[C@H](CC(C)C)N1CCOCC1. The van der Waals surface area contributed by atoms with Crippen molar-refractivity contribution in [3.8, 4) is 0 Å². The van der Waals surface area contributed by atoms with E-state index < -0.39 is 0 Å². The second-order valence-electron chi connectivity index (χ2n) is 5.17. The molecule has 1 heterocycles. The van der Waals surface area contributed by atoms with E-state index in [2.05, 4.69) is 24.1 Å². The molecule has 1 aliphatic heterocycles. The van der Waals surface area contributed by atoms with E-state index in [1.54, 1.807) is 0 Å². The zero-order valence-corrected chi connectivity index (χ0v) is 11.8. The van der Waals surface area contributed by atoms with Crippen molar-refractivity contribution in [2.75, 3.05) is 46.6 Å². The number of carbonyl (C=O) groups excluding carboxylic acids is 1. The molecule has 0 saturated carbocycles. The second kappa shape index (κ2) is 8.45. The van der Waals surface area contributed by atoms with Gasteiger partial charge in [-0.1, -0.05) is 13.8 Å². The number of rotatable bonds is 7. The maximum Gasteiger partial charge on any atom is 0.246 e. The van der Waals surface area contributed by atoms with Gasteiger partial charge in [0.1, 0.15) is 6.61 Å². The van der Waals surface area contributed by atoms with Crippen LogP contribution in [0.25, 0.3) is 0 Å². The Morgan fingerprint density at radius 1 is 1.39 bits per heavy atom. The molecular formula is C13H26N2O3. The van der Waals surface area contributed by atoms with Crippen LogP contribution in [0.15, 0.2) is 0 Å². The normalized spacial score (nSPS) is 18.9. The first-order chi connectivity index (χ1) is 8.63. The predicted octanol–water partition coefficient (Wildman–Crippen LogP) is 0.496. The highest BCUT2D eigenvalue weighted by atomic mass is 16.5. The Morgan fingerprint density at radius 3 is 2.61 bits per heavy atom. The van der Waals surface area contributed by atoms with Crippen molar-refractivity contribution in [3.05, 3.63) is 0 Å². The summed E-state index contributed by atoms with van der Waals surface area (Å²) in [5.74, 6) is 0.580. The van der Waals surface area contributed by atoms with Crippen LogP contribution in [0.1, 0.15) is 20.3 Å². The molecule has 1 N–H and O–H groups in total. The number of amides is 1. The van der Waals surface area contributed by atoms with Crippen LogP contribution in [0.3, 0.4) is 0 Å². The predicted molar refractivity (Wildman–Crippen MR) is 70.5 cm³/mol. The number of nitrogens with one attached hydrogen (secondary N) is 1. The van der Waals surface area contributed by atoms with Crippen LogP contribution in [0.5, 0.6) is 0 Å². The molecule has 5 nitrogen and oxygen atoms in total. The van der Waals surface area contributed by atoms with Crippen LogP contribution < -0.4 is 5.32 Å². The van der Waals surface area contributed by atoms with Gasteiger partial charge in [0, 0.05) is 32.8 Å². The second-order valence-corrected chi connectivity index (χ2v) is 5.17. The molecule has 5 heteroatoms. The lowest BCUT2D eigenvalue weighted by Gasteiger charge is -2.35. The summed E-state index contributed by atoms with van der Waals surface area (Å²) in [5, 5.41) is 2.94. The zero-order chi connectivity index (χ0) is 13.4. The van der Waals surface area contributed by atoms with E-state index >= 15 is 0 Å². The van der Waals surface area contributed by atoms with Crippen LogP contribution in [0, 0.1) is 5.92 Å². The van der Waals surface area contributed by atoms with Gasteiger partial charge in [-0.2, -0.15) is 0 Å². The molecule has 0 radical (unpaired) electrons. The Hall–Kier alpha value is -0.650. The first kappa shape index (κ1) is 15.4. The topological polar surface area (TPSA) is 50.8 Å². The summed E-state index contributed by atoms with van der Waals surface area (Å²) in [6, 6.07) is 0.398. The minimum Gasteiger partial charge on any atom is -0.379 e. The Balaban J connectivity index is 2.41. The standard InChI is InChI=1S/C13H26N2O3/c1-11(2)8-12(9-14-13(16)10-17-3)15-4-6-18-7-5-15/h11-12H,4-10H2,1-3H3,(H,14,16)/t12-/m0/s1. The third-order valence-corrected chi connectivity index (χ3v) is 3.12. The summed E-state index contributed by atoms with van der Waals surface area (Å²) < 4.78 is 10.2. The van der Waals surface area contributed by atoms with Crippen molar-refractivity contribution in [2.24, 2.45) is 5.92 Å². The molecule has 1 atom stereocenters. The number of hydrogen-bond acceptors (Lipinski definition) is 4. The Labute approximate surface area is 110 Å². The Morgan fingerprint density at radius 2 is 2.06 bits per heavy atom. The van der Waals surface area contributed by atoms with Gasteiger partial charge in [0.2, 0.25) is 5.91 Å². The fraction of sp³-hybridized carbons (Fsp3) is 0.923. The van der Waals surface area contributed by atoms with Gasteiger partial charge in [-0.15, -0.1) is 0 Å². The molecule has 0 aromatic rings. The van der Waals surface area contributed by atoms with E-state index in [1.165, 1.54) is 7.11 Å². The summed E-state index contributed by atoms with van der Waals surface area (Å²) in [7, 11) is 1.53. The summed E-state index contributed by atoms with van der Waals surface area (Å²) in [6.07, 6.45) is 1.09. The van der Waals surface area contributed by atoms with Crippen LogP contribution in [0.4, 0.5) is 0 Å². The minimum atomic E-state index is -0.0421. The molecule has 0 aromatic heterocycles. The van der Waals surface area contributed by atoms with Gasteiger partial charge in [-0.3, -0.25) is 9.69 Å². The smallest absolute Gasteiger partial charge is 0.246 e.